The van der Waals surface area contributed by atoms with E-state index in [0.717, 1.165) is 6.26 Å². The molecule has 0 aliphatic carbocycles. The van der Waals surface area contributed by atoms with Crippen molar-refractivity contribution < 1.29 is 26.5 Å². The van der Waals surface area contributed by atoms with Gasteiger partial charge in [0.05, 0.1) is 6.26 Å². The molecule has 0 fully saturated rings. The Morgan fingerprint density at radius 1 is 1.35 bits per heavy atom. The number of rotatable bonds is 8. The summed E-state index contributed by atoms with van der Waals surface area (Å²) in [5.41, 5.74) is 0.201. The summed E-state index contributed by atoms with van der Waals surface area (Å²) in [6.45, 7) is 7.59. The molecule has 2 unspecified atom stereocenters. The van der Waals surface area contributed by atoms with Crippen molar-refractivity contribution in [3.63, 3.8) is 0 Å². The molecule has 1 N–H and O–H groups in total. The standard InChI is InChI=1S/C13H24F2O4S/c1-6-11(20(16,17)18)10(5)8-19-12(9(3)4)13(14,15)7-2/h8-9,11-12H,6-7H2,1-5H3,(H,16,17,18)/b10-8+. The fourth-order valence-corrected chi connectivity index (χ4v) is 2.92. The van der Waals surface area contributed by atoms with Crippen molar-refractivity contribution in [2.75, 3.05) is 0 Å². The fourth-order valence-electron chi connectivity index (χ4n) is 1.97. The maximum Gasteiger partial charge on any atom is 0.284 e. The Kier molecular flexibility index (Phi) is 7.10. The molecule has 0 aliphatic heterocycles. The van der Waals surface area contributed by atoms with Gasteiger partial charge in [-0.05, 0) is 24.8 Å². The van der Waals surface area contributed by atoms with Gasteiger partial charge >= 0.3 is 0 Å². The lowest BCUT2D eigenvalue weighted by Gasteiger charge is -2.29. The van der Waals surface area contributed by atoms with E-state index in [-0.39, 0.29) is 18.4 Å². The van der Waals surface area contributed by atoms with Gasteiger partial charge in [0.15, 0.2) is 6.10 Å². The molecule has 0 aliphatic rings. The molecule has 0 spiro atoms. The molecular weight excluding hydrogens is 290 g/mol. The Bertz CT molecular complexity index is 430. The molecule has 0 aromatic heterocycles. The van der Waals surface area contributed by atoms with Gasteiger partial charge in [-0.25, -0.2) is 8.78 Å². The van der Waals surface area contributed by atoms with Crippen molar-refractivity contribution in [3.8, 4) is 0 Å². The van der Waals surface area contributed by atoms with Gasteiger partial charge in [-0.3, -0.25) is 4.55 Å². The molecule has 7 heteroatoms. The summed E-state index contributed by atoms with van der Waals surface area (Å²) in [6, 6.07) is 0. The second kappa shape index (κ2) is 7.36. The van der Waals surface area contributed by atoms with Crippen molar-refractivity contribution in [1.82, 2.24) is 0 Å². The fraction of sp³-hybridized carbons (Fsp3) is 0.846. The average Bonchev–Trinajstić information content (AvgIpc) is 2.27. The van der Waals surface area contributed by atoms with E-state index in [1.165, 1.54) is 13.8 Å². The molecule has 0 amide bonds. The van der Waals surface area contributed by atoms with Gasteiger partial charge in [0, 0.05) is 6.42 Å². The number of alkyl halides is 2. The van der Waals surface area contributed by atoms with Crippen LogP contribution >= 0.6 is 0 Å². The quantitative estimate of drug-likeness (QED) is 0.549. The van der Waals surface area contributed by atoms with E-state index < -0.39 is 33.3 Å². The highest BCUT2D eigenvalue weighted by atomic mass is 32.2. The third-order valence-corrected chi connectivity index (χ3v) is 4.56. The average molecular weight is 314 g/mol. The van der Waals surface area contributed by atoms with Crippen LogP contribution in [-0.2, 0) is 14.9 Å². The van der Waals surface area contributed by atoms with Crippen LogP contribution in [0.25, 0.3) is 0 Å². The Labute approximate surface area is 120 Å². The second-order valence-electron chi connectivity index (χ2n) is 5.19. The third kappa shape index (κ3) is 5.36. The number of ether oxygens (including phenoxy) is 1. The zero-order valence-electron chi connectivity index (χ0n) is 12.6. The molecule has 0 aromatic rings. The van der Waals surface area contributed by atoms with Crippen LogP contribution in [0.5, 0.6) is 0 Å². The van der Waals surface area contributed by atoms with Gasteiger partial charge in [0.25, 0.3) is 16.0 Å². The molecule has 120 valence electrons. The van der Waals surface area contributed by atoms with Gasteiger partial charge in [-0.1, -0.05) is 27.7 Å². The first-order chi connectivity index (χ1) is 8.97. The van der Waals surface area contributed by atoms with Crippen molar-refractivity contribution >= 4 is 10.1 Å². The summed E-state index contributed by atoms with van der Waals surface area (Å²) in [5.74, 6) is -3.43. The lowest BCUT2D eigenvalue weighted by atomic mass is 9.99. The zero-order valence-corrected chi connectivity index (χ0v) is 13.4. The Morgan fingerprint density at radius 3 is 2.15 bits per heavy atom. The van der Waals surface area contributed by atoms with Crippen LogP contribution in [0, 0.1) is 5.92 Å². The lowest BCUT2D eigenvalue weighted by molar-refractivity contribution is -0.132. The normalized spacial score (nSPS) is 17.1. The highest BCUT2D eigenvalue weighted by Crippen LogP contribution is 2.30. The van der Waals surface area contributed by atoms with Crippen molar-refractivity contribution in [2.24, 2.45) is 5.92 Å². The molecule has 20 heavy (non-hydrogen) atoms. The Hall–Kier alpha value is -0.690. The predicted molar refractivity (Wildman–Crippen MR) is 74.3 cm³/mol. The van der Waals surface area contributed by atoms with Crippen LogP contribution in [0.15, 0.2) is 11.8 Å². The summed E-state index contributed by atoms with van der Waals surface area (Å²) >= 11 is 0. The Morgan fingerprint density at radius 2 is 1.85 bits per heavy atom. The lowest BCUT2D eigenvalue weighted by Crippen LogP contribution is -2.38. The van der Waals surface area contributed by atoms with Gasteiger partial charge in [0.2, 0.25) is 0 Å². The van der Waals surface area contributed by atoms with Crippen molar-refractivity contribution in [3.05, 3.63) is 11.8 Å². The molecule has 0 radical (unpaired) electrons. The number of halogens is 2. The van der Waals surface area contributed by atoms with E-state index in [1.54, 1.807) is 20.8 Å². The zero-order chi connectivity index (χ0) is 16.1. The minimum atomic E-state index is -4.26. The van der Waals surface area contributed by atoms with Crippen LogP contribution in [0.2, 0.25) is 0 Å². The summed E-state index contributed by atoms with van der Waals surface area (Å²) < 4.78 is 63.9. The van der Waals surface area contributed by atoms with Crippen LogP contribution in [0.4, 0.5) is 8.78 Å². The molecule has 0 aromatic carbocycles. The van der Waals surface area contributed by atoms with Gasteiger partial charge in [-0.2, -0.15) is 8.42 Å². The van der Waals surface area contributed by atoms with Crippen molar-refractivity contribution in [1.29, 1.82) is 0 Å². The largest absolute Gasteiger partial charge is 0.491 e. The summed E-state index contributed by atoms with van der Waals surface area (Å²) in [6.07, 6.45) is -0.531. The van der Waals surface area contributed by atoms with Gasteiger partial charge in [-0.15, -0.1) is 0 Å². The summed E-state index contributed by atoms with van der Waals surface area (Å²) in [7, 11) is -4.26. The Balaban J connectivity index is 5.15. The second-order valence-corrected chi connectivity index (χ2v) is 6.79. The topological polar surface area (TPSA) is 63.6 Å². The van der Waals surface area contributed by atoms with E-state index in [4.69, 9.17) is 9.29 Å². The highest BCUT2D eigenvalue weighted by Gasteiger charge is 2.41. The third-order valence-electron chi connectivity index (χ3n) is 3.13. The molecule has 2 atom stereocenters. The summed E-state index contributed by atoms with van der Waals surface area (Å²) in [5, 5.41) is -1.13. The van der Waals surface area contributed by atoms with E-state index in [2.05, 4.69) is 0 Å². The molecule has 4 nitrogen and oxygen atoms in total. The SMILES string of the molecule is CCC(/C(C)=C/OC(C(C)C)C(F)(F)CC)S(=O)(=O)O. The monoisotopic (exact) mass is 314 g/mol. The molecule has 0 bridgehead atoms. The van der Waals surface area contributed by atoms with Crippen LogP contribution in [0.3, 0.4) is 0 Å². The van der Waals surface area contributed by atoms with Crippen LogP contribution < -0.4 is 0 Å². The van der Waals surface area contributed by atoms with Gasteiger partial charge < -0.3 is 4.74 Å². The molecule has 0 heterocycles. The van der Waals surface area contributed by atoms with E-state index in [1.807, 2.05) is 0 Å². The first kappa shape index (κ1) is 19.3. The first-order valence-corrected chi connectivity index (χ1v) is 8.13. The maximum absolute atomic E-state index is 13.7. The maximum atomic E-state index is 13.7. The minimum Gasteiger partial charge on any atom is -0.491 e. The van der Waals surface area contributed by atoms with E-state index in [9.17, 15) is 17.2 Å². The summed E-state index contributed by atoms with van der Waals surface area (Å²) in [4.78, 5) is 0. The number of hydrogen-bond acceptors (Lipinski definition) is 3. The van der Waals surface area contributed by atoms with Crippen LogP contribution in [0.1, 0.15) is 47.5 Å². The molecular formula is C13H24F2O4S. The molecule has 0 saturated heterocycles. The van der Waals surface area contributed by atoms with Crippen molar-refractivity contribution in [2.45, 2.75) is 64.7 Å². The van der Waals surface area contributed by atoms with E-state index in [0.29, 0.717) is 0 Å². The number of hydrogen-bond donors (Lipinski definition) is 1. The minimum absolute atomic E-state index is 0.140. The molecule has 0 saturated carbocycles. The molecule has 0 rings (SSSR count). The smallest absolute Gasteiger partial charge is 0.284 e. The van der Waals surface area contributed by atoms with E-state index >= 15 is 0 Å². The first-order valence-electron chi connectivity index (χ1n) is 6.63. The van der Waals surface area contributed by atoms with Crippen LogP contribution in [-0.4, -0.2) is 30.2 Å². The predicted octanol–water partition coefficient (Wildman–Crippen LogP) is 3.64. The highest BCUT2D eigenvalue weighted by molar-refractivity contribution is 7.86. The van der Waals surface area contributed by atoms with Gasteiger partial charge in [0.1, 0.15) is 5.25 Å².